The minimum atomic E-state index is -0.0818. The van der Waals surface area contributed by atoms with Crippen molar-refractivity contribution < 1.29 is 14.7 Å². The maximum Gasteiger partial charge on any atom is 0.226 e. The van der Waals surface area contributed by atoms with Crippen LogP contribution in [-0.2, 0) is 9.53 Å². The molecule has 21 heavy (non-hydrogen) atoms. The van der Waals surface area contributed by atoms with Crippen LogP contribution in [0.3, 0.4) is 0 Å². The number of carbonyl (C=O) groups excluding carboxylic acids is 1. The maximum atomic E-state index is 12.1. The molecule has 0 bridgehead atoms. The second kappa shape index (κ2) is 7.08. The van der Waals surface area contributed by atoms with E-state index >= 15 is 0 Å². The quantitative estimate of drug-likeness (QED) is 0.342. The first-order chi connectivity index (χ1) is 10.1. The Hall–Kier alpha value is -2.08. The first kappa shape index (κ1) is 15.3. The number of hydrogen-bond donors (Lipinski definition) is 3. The van der Waals surface area contributed by atoms with Crippen molar-refractivity contribution in [2.45, 2.75) is 38.7 Å². The molecule has 4 N–H and O–H groups in total. The van der Waals surface area contributed by atoms with Crippen LogP contribution < -0.4 is 11.1 Å². The van der Waals surface area contributed by atoms with Crippen molar-refractivity contribution in [1.82, 2.24) is 0 Å². The molecule has 6 nitrogen and oxygen atoms in total. The van der Waals surface area contributed by atoms with Crippen molar-refractivity contribution in [1.29, 1.82) is 0 Å². The number of amides is 1. The fraction of sp³-hybridized carbons (Fsp3) is 0.467. The highest BCUT2D eigenvalue weighted by Crippen LogP contribution is 2.19. The molecule has 1 aliphatic heterocycles. The molecule has 1 heterocycles. The van der Waals surface area contributed by atoms with Crippen LogP contribution in [0.5, 0.6) is 0 Å². The Labute approximate surface area is 124 Å². The maximum absolute atomic E-state index is 12.1. The Morgan fingerprint density at radius 3 is 3.00 bits per heavy atom. The average Bonchev–Trinajstić information content (AvgIpc) is 2.49. The van der Waals surface area contributed by atoms with E-state index in [4.69, 9.17) is 15.7 Å². The molecule has 1 fully saturated rings. The van der Waals surface area contributed by atoms with E-state index in [0.29, 0.717) is 17.7 Å². The number of oxime groups is 1. The molecule has 0 spiro atoms. The minimum absolute atomic E-state index is 0.00584. The van der Waals surface area contributed by atoms with Crippen LogP contribution in [0, 0.1) is 6.92 Å². The lowest BCUT2D eigenvalue weighted by Gasteiger charge is -2.22. The van der Waals surface area contributed by atoms with E-state index in [-0.39, 0.29) is 17.8 Å². The molecule has 1 aromatic rings. The Morgan fingerprint density at radius 1 is 1.52 bits per heavy atom. The summed E-state index contributed by atoms with van der Waals surface area (Å²) in [4.78, 5) is 12.1. The Kier molecular flexibility index (Phi) is 5.16. The molecule has 1 aromatic carbocycles. The van der Waals surface area contributed by atoms with Gasteiger partial charge in [0, 0.05) is 17.9 Å². The van der Waals surface area contributed by atoms with Crippen LogP contribution in [0.15, 0.2) is 23.4 Å². The summed E-state index contributed by atoms with van der Waals surface area (Å²) in [6, 6.07) is 5.26. The van der Waals surface area contributed by atoms with Crippen molar-refractivity contribution in [2.75, 3.05) is 11.9 Å². The van der Waals surface area contributed by atoms with E-state index < -0.39 is 0 Å². The van der Waals surface area contributed by atoms with Gasteiger partial charge in [0.1, 0.15) is 0 Å². The SMILES string of the molecule is Cc1ccc(/C(N)=N/O)cc1NC(=O)CC1CCCCO1. The number of hydrogen-bond acceptors (Lipinski definition) is 4. The zero-order valence-corrected chi connectivity index (χ0v) is 12.1. The number of nitrogens with zero attached hydrogens (tertiary/aromatic N) is 1. The van der Waals surface area contributed by atoms with E-state index in [1.807, 2.05) is 13.0 Å². The van der Waals surface area contributed by atoms with Crippen LogP contribution >= 0.6 is 0 Å². The van der Waals surface area contributed by atoms with Gasteiger partial charge in [0.15, 0.2) is 5.84 Å². The first-order valence-electron chi connectivity index (χ1n) is 7.10. The number of carbonyl (C=O) groups is 1. The van der Waals surface area contributed by atoms with Gasteiger partial charge in [-0.05, 0) is 37.8 Å². The van der Waals surface area contributed by atoms with Gasteiger partial charge in [0.05, 0.1) is 12.5 Å². The number of amidine groups is 1. The minimum Gasteiger partial charge on any atom is -0.409 e. The summed E-state index contributed by atoms with van der Waals surface area (Å²) >= 11 is 0. The Morgan fingerprint density at radius 2 is 2.33 bits per heavy atom. The Balaban J connectivity index is 2.02. The number of nitrogens with two attached hydrogens (primary N) is 1. The summed E-state index contributed by atoms with van der Waals surface area (Å²) < 4.78 is 5.56. The van der Waals surface area contributed by atoms with Crippen LogP contribution in [0.25, 0.3) is 0 Å². The van der Waals surface area contributed by atoms with Crippen LogP contribution in [0.4, 0.5) is 5.69 Å². The fourth-order valence-corrected chi connectivity index (χ4v) is 2.35. The summed E-state index contributed by atoms with van der Waals surface area (Å²) in [6.45, 7) is 2.62. The molecule has 2 rings (SSSR count). The van der Waals surface area contributed by atoms with E-state index in [2.05, 4.69) is 10.5 Å². The topological polar surface area (TPSA) is 96.9 Å². The molecule has 1 saturated heterocycles. The number of ether oxygens (including phenoxy) is 1. The smallest absolute Gasteiger partial charge is 0.226 e. The molecule has 114 valence electrons. The van der Waals surface area contributed by atoms with Gasteiger partial charge >= 0.3 is 0 Å². The van der Waals surface area contributed by atoms with Gasteiger partial charge in [-0.1, -0.05) is 17.3 Å². The zero-order chi connectivity index (χ0) is 15.2. The molecule has 0 radical (unpaired) electrons. The highest BCUT2D eigenvalue weighted by atomic mass is 16.5. The predicted molar refractivity (Wildman–Crippen MR) is 80.5 cm³/mol. The number of rotatable bonds is 4. The van der Waals surface area contributed by atoms with Crippen LogP contribution in [-0.4, -0.2) is 29.7 Å². The van der Waals surface area contributed by atoms with Gasteiger partial charge < -0.3 is 21.0 Å². The van der Waals surface area contributed by atoms with Crippen molar-refractivity contribution in [3.63, 3.8) is 0 Å². The van der Waals surface area contributed by atoms with E-state index in [9.17, 15) is 4.79 Å². The molecule has 1 atom stereocenters. The van der Waals surface area contributed by atoms with Crippen LogP contribution in [0.1, 0.15) is 36.8 Å². The van der Waals surface area contributed by atoms with Crippen molar-refractivity contribution in [3.05, 3.63) is 29.3 Å². The van der Waals surface area contributed by atoms with Crippen molar-refractivity contribution >= 4 is 17.4 Å². The lowest BCUT2D eigenvalue weighted by atomic mass is 10.1. The predicted octanol–water partition coefficient (Wildman–Crippen LogP) is 1.99. The normalized spacial score (nSPS) is 19.3. The monoisotopic (exact) mass is 291 g/mol. The standard InChI is InChI=1S/C15H21N3O3/c1-10-5-6-11(15(16)18-20)8-13(10)17-14(19)9-12-4-2-3-7-21-12/h5-6,8,12,20H,2-4,7,9H2,1H3,(H2,16,18)(H,17,19). The van der Waals surface area contributed by atoms with Gasteiger partial charge in [0.25, 0.3) is 0 Å². The summed E-state index contributed by atoms with van der Waals surface area (Å²) in [5.74, 6) is -0.0669. The highest BCUT2D eigenvalue weighted by molar-refractivity contribution is 5.99. The lowest BCUT2D eigenvalue weighted by molar-refractivity contribution is -0.119. The fourth-order valence-electron chi connectivity index (χ4n) is 2.35. The summed E-state index contributed by atoms with van der Waals surface area (Å²) in [6.07, 6.45) is 3.46. The molecule has 0 saturated carbocycles. The van der Waals surface area contributed by atoms with Gasteiger partial charge in [-0.2, -0.15) is 0 Å². The molecule has 0 aliphatic carbocycles. The van der Waals surface area contributed by atoms with Crippen molar-refractivity contribution in [2.24, 2.45) is 10.9 Å². The second-order valence-electron chi connectivity index (χ2n) is 5.26. The number of aryl methyl sites for hydroxylation is 1. The third-order valence-corrected chi connectivity index (χ3v) is 3.60. The number of nitrogens with one attached hydrogen (secondary N) is 1. The van der Waals surface area contributed by atoms with Crippen LogP contribution in [0.2, 0.25) is 0 Å². The summed E-state index contributed by atoms with van der Waals surface area (Å²) in [5, 5.41) is 14.5. The van der Waals surface area contributed by atoms with Crippen molar-refractivity contribution in [3.8, 4) is 0 Å². The lowest BCUT2D eigenvalue weighted by Crippen LogP contribution is -2.26. The molecule has 1 unspecified atom stereocenters. The largest absolute Gasteiger partial charge is 0.409 e. The summed E-state index contributed by atoms with van der Waals surface area (Å²) in [5.41, 5.74) is 7.71. The molecule has 6 heteroatoms. The van der Waals surface area contributed by atoms with Gasteiger partial charge in [-0.15, -0.1) is 0 Å². The zero-order valence-electron chi connectivity index (χ0n) is 12.1. The molecular weight excluding hydrogens is 270 g/mol. The molecular formula is C15H21N3O3. The van der Waals surface area contributed by atoms with Gasteiger partial charge in [-0.3, -0.25) is 4.79 Å². The second-order valence-corrected chi connectivity index (χ2v) is 5.26. The average molecular weight is 291 g/mol. The molecule has 1 amide bonds. The van der Waals surface area contributed by atoms with E-state index in [0.717, 1.165) is 31.4 Å². The number of anilines is 1. The third-order valence-electron chi connectivity index (χ3n) is 3.60. The molecule has 1 aliphatic rings. The highest BCUT2D eigenvalue weighted by Gasteiger charge is 2.18. The van der Waals surface area contributed by atoms with Gasteiger partial charge in [-0.25, -0.2) is 0 Å². The molecule has 0 aromatic heterocycles. The summed E-state index contributed by atoms with van der Waals surface area (Å²) in [7, 11) is 0. The number of benzene rings is 1. The first-order valence-corrected chi connectivity index (χ1v) is 7.10. The van der Waals surface area contributed by atoms with E-state index in [1.165, 1.54) is 0 Å². The van der Waals surface area contributed by atoms with Gasteiger partial charge in [0.2, 0.25) is 5.91 Å². The third kappa shape index (κ3) is 4.19. The Bertz CT molecular complexity index is 537. The van der Waals surface area contributed by atoms with E-state index in [1.54, 1.807) is 12.1 Å².